The van der Waals surface area contributed by atoms with Crippen LogP contribution < -0.4 is 9.73 Å². The average molecular weight is 584 g/mol. The van der Waals surface area contributed by atoms with Gasteiger partial charge in [0.05, 0.1) is 32.5 Å². The second-order valence-electron chi connectivity index (χ2n) is 8.84. The van der Waals surface area contributed by atoms with E-state index in [1.54, 1.807) is 36.4 Å². The highest BCUT2D eigenvalue weighted by atomic mass is 35.5. The molecule has 0 aliphatic heterocycles. The second-order valence-corrected chi connectivity index (χ2v) is 11.5. The molecule has 10 heteroatoms. The fraction of sp³-hybridized carbons (Fsp3) is 0.172. The number of sulfonamides is 1. The van der Waals surface area contributed by atoms with Crippen molar-refractivity contribution in [1.82, 2.24) is 9.99 Å². The third-order valence-electron chi connectivity index (χ3n) is 6.29. The van der Waals surface area contributed by atoms with Gasteiger partial charge in [0, 0.05) is 17.0 Å². The zero-order valence-electron chi connectivity index (χ0n) is 21.7. The van der Waals surface area contributed by atoms with Crippen molar-refractivity contribution in [3.05, 3.63) is 111 Å². The Kier molecular flexibility index (Phi) is 8.80. The number of aromatic nitrogens is 1. The smallest absolute Gasteiger partial charge is 0.264 e. The summed E-state index contributed by atoms with van der Waals surface area (Å²) in [6, 6.07) is 22.5. The van der Waals surface area contributed by atoms with Gasteiger partial charge in [0.2, 0.25) is 0 Å². The molecule has 1 N–H and O–H groups in total. The van der Waals surface area contributed by atoms with E-state index in [0.29, 0.717) is 22.2 Å². The van der Waals surface area contributed by atoms with Crippen LogP contribution in [0, 0.1) is 13.8 Å². The number of para-hydroxylation sites is 1. The summed E-state index contributed by atoms with van der Waals surface area (Å²) in [5.41, 5.74) is 6.98. The summed E-state index contributed by atoms with van der Waals surface area (Å²) in [4.78, 5) is 13.1. The number of benzene rings is 3. The predicted molar refractivity (Wildman–Crippen MR) is 158 cm³/mol. The first-order chi connectivity index (χ1) is 18.6. The zero-order chi connectivity index (χ0) is 28.2. The van der Waals surface area contributed by atoms with E-state index in [0.717, 1.165) is 32.5 Å². The van der Waals surface area contributed by atoms with Crippen molar-refractivity contribution in [1.29, 1.82) is 0 Å². The standard InChI is InChI=1S/C29H28Cl2N4O3S/c1-4-22-11-8-9-15-26(22)34(39(37,38)24-12-6-5-7-13-24)19-28(36)33-32-18-23-17-20(2)35(21(23)3)27-16-10-14-25(30)29(27)31/h5-18H,4,19H2,1-3H3,(H,33,36)/b32-18-. The lowest BCUT2D eigenvalue weighted by atomic mass is 10.1. The highest BCUT2D eigenvalue weighted by Crippen LogP contribution is 2.31. The van der Waals surface area contributed by atoms with Crippen LogP contribution in [-0.4, -0.2) is 31.7 Å². The minimum atomic E-state index is -4.01. The first kappa shape index (κ1) is 28.4. The Labute approximate surface area is 238 Å². The van der Waals surface area contributed by atoms with Crippen LogP contribution >= 0.6 is 23.2 Å². The minimum Gasteiger partial charge on any atom is -0.316 e. The van der Waals surface area contributed by atoms with Crippen molar-refractivity contribution in [3.63, 3.8) is 0 Å². The molecule has 202 valence electrons. The topological polar surface area (TPSA) is 83.8 Å². The van der Waals surface area contributed by atoms with Crippen LogP contribution in [0.15, 0.2) is 88.9 Å². The molecule has 39 heavy (non-hydrogen) atoms. The molecule has 0 atom stereocenters. The van der Waals surface area contributed by atoms with Crippen LogP contribution in [0.1, 0.15) is 29.4 Å². The Hall–Kier alpha value is -3.59. The average Bonchev–Trinajstić information content (AvgIpc) is 3.21. The number of anilines is 1. The molecule has 0 aliphatic rings. The molecule has 4 rings (SSSR count). The maximum atomic E-state index is 13.6. The summed E-state index contributed by atoms with van der Waals surface area (Å²) < 4.78 is 30.3. The first-order valence-corrected chi connectivity index (χ1v) is 14.5. The molecule has 4 aromatic rings. The van der Waals surface area contributed by atoms with E-state index >= 15 is 0 Å². The molecule has 1 amide bonds. The Morgan fingerprint density at radius 1 is 1.00 bits per heavy atom. The van der Waals surface area contributed by atoms with Crippen LogP contribution in [0.5, 0.6) is 0 Å². The molecule has 0 aliphatic carbocycles. The molecule has 0 spiro atoms. The van der Waals surface area contributed by atoms with Crippen LogP contribution in [-0.2, 0) is 21.2 Å². The Morgan fingerprint density at radius 3 is 2.41 bits per heavy atom. The van der Waals surface area contributed by atoms with E-state index in [2.05, 4.69) is 10.5 Å². The molecule has 1 heterocycles. The monoisotopic (exact) mass is 582 g/mol. The van der Waals surface area contributed by atoms with E-state index in [9.17, 15) is 13.2 Å². The van der Waals surface area contributed by atoms with Gasteiger partial charge >= 0.3 is 0 Å². The van der Waals surface area contributed by atoms with Crippen molar-refractivity contribution >= 4 is 51.0 Å². The maximum absolute atomic E-state index is 13.6. The third kappa shape index (κ3) is 6.03. The summed E-state index contributed by atoms with van der Waals surface area (Å²) in [5.74, 6) is -0.580. The Balaban J connectivity index is 1.58. The Bertz CT molecular complexity index is 1630. The molecule has 0 bridgehead atoms. The van der Waals surface area contributed by atoms with Gasteiger partial charge in [-0.05, 0) is 62.2 Å². The lowest BCUT2D eigenvalue weighted by Gasteiger charge is -2.25. The van der Waals surface area contributed by atoms with Gasteiger partial charge < -0.3 is 4.57 Å². The molecule has 0 saturated carbocycles. The third-order valence-corrected chi connectivity index (χ3v) is 8.88. The second kappa shape index (κ2) is 12.1. The van der Waals surface area contributed by atoms with E-state index in [1.807, 2.05) is 55.7 Å². The lowest BCUT2D eigenvalue weighted by Crippen LogP contribution is -2.40. The van der Waals surface area contributed by atoms with Crippen molar-refractivity contribution in [2.24, 2.45) is 5.10 Å². The molecular weight excluding hydrogens is 555 g/mol. The number of carbonyl (C=O) groups is 1. The summed E-state index contributed by atoms with van der Waals surface area (Å²) in [6.45, 7) is 5.33. The maximum Gasteiger partial charge on any atom is 0.264 e. The highest BCUT2D eigenvalue weighted by Gasteiger charge is 2.28. The zero-order valence-corrected chi connectivity index (χ0v) is 24.1. The first-order valence-electron chi connectivity index (χ1n) is 12.3. The molecule has 0 fully saturated rings. The van der Waals surface area contributed by atoms with Crippen LogP contribution in [0.4, 0.5) is 5.69 Å². The SMILES string of the molecule is CCc1ccccc1N(CC(=O)N/N=C\c1cc(C)n(-c2cccc(Cl)c2Cl)c1C)S(=O)(=O)c1ccccc1. The fourth-order valence-electron chi connectivity index (χ4n) is 4.37. The van der Waals surface area contributed by atoms with E-state index < -0.39 is 22.5 Å². The number of nitrogens with one attached hydrogen (secondary N) is 1. The van der Waals surface area contributed by atoms with Gasteiger partial charge in [0.15, 0.2) is 0 Å². The predicted octanol–water partition coefficient (Wildman–Crippen LogP) is 6.31. The number of aryl methyl sites for hydroxylation is 2. The van der Waals surface area contributed by atoms with Crippen molar-refractivity contribution in [2.45, 2.75) is 32.1 Å². The fourth-order valence-corrected chi connectivity index (χ4v) is 6.23. The van der Waals surface area contributed by atoms with Gasteiger partial charge in [-0.25, -0.2) is 13.8 Å². The molecule has 1 aromatic heterocycles. The number of hydrogen-bond donors (Lipinski definition) is 1. The van der Waals surface area contributed by atoms with Crippen molar-refractivity contribution in [2.75, 3.05) is 10.8 Å². The Morgan fingerprint density at radius 2 is 1.69 bits per heavy atom. The quantitative estimate of drug-likeness (QED) is 0.185. The number of halogens is 2. The number of rotatable bonds is 9. The number of nitrogens with zero attached hydrogens (tertiary/aromatic N) is 3. The van der Waals surface area contributed by atoms with Crippen LogP contribution in [0.3, 0.4) is 0 Å². The van der Waals surface area contributed by atoms with E-state index in [4.69, 9.17) is 23.2 Å². The van der Waals surface area contributed by atoms with Gasteiger partial charge in [-0.15, -0.1) is 0 Å². The minimum absolute atomic E-state index is 0.0966. The highest BCUT2D eigenvalue weighted by molar-refractivity contribution is 7.92. The summed E-state index contributed by atoms with van der Waals surface area (Å²) in [6.07, 6.45) is 2.12. The number of hydrogen-bond acceptors (Lipinski definition) is 4. The largest absolute Gasteiger partial charge is 0.316 e. The normalized spacial score (nSPS) is 11.6. The lowest BCUT2D eigenvalue weighted by molar-refractivity contribution is -0.119. The molecule has 0 radical (unpaired) electrons. The molecule has 7 nitrogen and oxygen atoms in total. The van der Waals surface area contributed by atoms with E-state index in [1.165, 1.54) is 18.3 Å². The van der Waals surface area contributed by atoms with Gasteiger partial charge in [-0.1, -0.05) is 72.6 Å². The van der Waals surface area contributed by atoms with Crippen molar-refractivity contribution in [3.8, 4) is 5.69 Å². The number of hydrazone groups is 1. The molecule has 3 aromatic carbocycles. The van der Waals surface area contributed by atoms with Crippen LogP contribution in [0.25, 0.3) is 5.69 Å². The van der Waals surface area contributed by atoms with Crippen molar-refractivity contribution < 1.29 is 13.2 Å². The van der Waals surface area contributed by atoms with Gasteiger partial charge in [0.1, 0.15) is 6.54 Å². The van der Waals surface area contributed by atoms with E-state index in [-0.39, 0.29) is 4.90 Å². The van der Waals surface area contributed by atoms with Gasteiger partial charge in [-0.3, -0.25) is 9.10 Å². The summed E-state index contributed by atoms with van der Waals surface area (Å²) in [5, 5.41) is 5.00. The van der Waals surface area contributed by atoms with Gasteiger partial charge in [0.25, 0.3) is 15.9 Å². The van der Waals surface area contributed by atoms with Gasteiger partial charge in [-0.2, -0.15) is 5.10 Å². The number of amides is 1. The summed E-state index contributed by atoms with van der Waals surface area (Å²) in [7, 11) is -4.01. The molecule has 0 saturated heterocycles. The molecule has 0 unspecified atom stereocenters. The number of carbonyl (C=O) groups excluding carboxylic acids is 1. The van der Waals surface area contributed by atoms with Crippen LogP contribution in [0.2, 0.25) is 10.0 Å². The molecular formula is C29H28Cl2N4O3S. The summed E-state index contributed by atoms with van der Waals surface area (Å²) >= 11 is 12.6.